The molecule has 5 heteroatoms. The Bertz CT molecular complexity index is 403. The topological polar surface area (TPSA) is 9.23 Å². The largest absolute Gasteiger partial charge is 0.389 e. The number of fused-ring (bicyclic) bond motifs is 1. The molecule has 1 nitrogen and oxygen atoms in total. The van der Waals surface area contributed by atoms with Crippen molar-refractivity contribution in [1.29, 1.82) is 0 Å². The maximum atomic E-state index is 12.1. The van der Waals surface area contributed by atoms with Gasteiger partial charge in [-0.05, 0) is 23.1 Å². The van der Waals surface area contributed by atoms with Crippen LogP contribution in [0.2, 0.25) is 0 Å². The fraction of sp³-hybridized carbons (Fsp3) is 0.500. The fourth-order valence-corrected chi connectivity index (χ4v) is 2.36. The summed E-state index contributed by atoms with van der Waals surface area (Å²) in [6.07, 6.45) is -4.80. The van der Waals surface area contributed by atoms with E-state index in [0.29, 0.717) is 13.2 Å². The molecule has 1 aliphatic heterocycles. The maximum absolute atomic E-state index is 12.1. The molecule has 1 atom stereocenters. The van der Waals surface area contributed by atoms with Crippen LogP contribution in [0.4, 0.5) is 13.2 Å². The molecule has 0 fully saturated rings. The van der Waals surface area contributed by atoms with Crippen molar-refractivity contribution in [2.45, 2.75) is 37.1 Å². The molecular weight excluding hydrogens is 297 g/mol. The summed E-state index contributed by atoms with van der Waals surface area (Å²) in [6, 6.07) is 5.72. The normalized spacial score (nSPS) is 16.9. The number of ether oxygens (including phenoxy) is 1. The highest BCUT2D eigenvalue weighted by molar-refractivity contribution is 9.09. The van der Waals surface area contributed by atoms with Crippen LogP contribution >= 0.6 is 15.9 Å². The van der Waals surface area contributed by atoms with E-state index in [0.717, 1.165) is 16.7 Å². The van der Waals surface area contributed by atoms with Crippen LogP contribution in [0.3, 0.4) is 0 Å². The van der Waals surface area contributed by atoms with Gasteiger partial charge < -0.3 is 4.74 Å². The second kappa shape index (κ2) is 4.98. The third-order valence-corrected chi connectivity index (χ3v) is 3.77. The molecule has 94 valence electrons. The molecule has 0 saturated carbocycles. The molecule has 0 bridgehead atoms. The van der Waals surface area contributed by atoms with Crippen molar-refractivity contribution in [2.24, 2.45) is 0 Å². The molecule has 0 N–H and O–H groups in total. The quantitative estimate of drug-likeness (QED) is 0.747. The SMILES string of the molecule is FC(F)(F)CCC(Br)c1ccc2c(c1)COC2. The molecule has 1 aromatic rings. The maximum Gasteiger partial charge on any atom is 0.389 e. The Morgan fingerprint density at radius 2 is 1.94 bits per heavy atom. The number of alkyl halides is 4. The molecule has 0 radical (unpaired) electrons. The van der Waals surface area contributed by atoms with Crippen LogP contribution in [-0.2, 0) is 18.0 Å². The Morgan fingerprint density at radius 3 is 2.65 bits per heavy atom. The summed E-state index contributed by atoms with van der Waals surface area (Å²) in [7, 11) is 0. The second-order valence-electron chi connectivity index (χ2n) is 4.14. The molecular formula is C12H12BrF3O. The van der Waals surface area contributed by atoms with Gasteiger partial charge in [-0.1, -0.05) is 34.1 Å². The summed E-state index contributed by atoms with van der Waals surface area (Å²) in [6.45, 7) is 1.16. The molecule has 0 aliphatic carbocycles. The van der Waals surface area contributed by atoms with Gasteiger partial charge in [0.1, 0.15) is 0 Å². The predicted octanol–water partition coefficient (Wildman–Crippen LogP) is 4.50. The van der Waals surface area contributed by atoms with E-state index in [1.807, 2.05) is 18.2 Å². The van der Waals surface area contributed by atoms with Crippen LogP contribution in [0.25, 0.3) is 0 Å². The molecule has 0 amide bonds. The smallest absolute Gasteiger partial charge is 0.372 e. The van der Waals surface area contributed by atoms with Gasteiger partial charge in [0, 0.05) is 11.2 Å². The highest BCUT2D eigenvalue weighted by atomic mass is 79.9. The second-order valence-corrected chi connectivity index (χ2v) is 5.25. The van der Waals surface area contributed by atoms with Gasteiger partial charge in [-0.3, -0.25) is 0 Å². The van der Waals surface area contributed by atoms with Gasteiger partial charge in [-0.25, -0.2) is 0 Å². The summed E-state index contributed by atoms with van der Waals surface area (Å²) < 4.78 is 41.6. The minimum absolute atomic E-state index is 0.0587. The number of benzene rings is 1. The molecule has 1 aromatic carbocycles. The van der Waals surface area contributed by atoms with E-state index in [9.17, 15) is 13.2 Å². The minimum Gasteiger partial charge on any atom is -0.372 e. The first-order valence-electron chi connectivity index (χ1n) is 5.36. The van der Waals surface area contributed by atoms with Gasteiger partial charge >= 0.3 is 6.18 Å². The lowest BCUT2D eigenvalue weighted by Gasteiger charge is -2.13. The van der Waals surface area contributed by atoms with Crippen LogP contribution in [0.1, 0.15) is 34.4 Å². The molecule has 0 aromatic heterocycles. The van der Waals surface area contributed by atoms with Crippen molar-refractivity contribution in [3.05, 3.63) is 34.9 Å². The Morgan fingerprint density at radius 1 is 1.24 bits per heavy atom. The third-order valence-electron chi connectivity index (χ3n) is 2.79. The number of hydrogen-bond donors (Lipinski definition) is 0. The average molecular weight is 309 g/mol. The first kappa shape index (κ1) is 12.9. The Balaban J connectivity index is 2.02. The summed E-state index contributed by atoms with van der Waals surface area (Å²) in [4.78, 5) is -0.255. The van der Waals surface area contributed by atoms with E-state index in [2.05, 4.69) is 15.9 Å². The number of halogens is 4. The van der Waals surface area contributed by atoms with Crippen molar-refractivity contribution < 1.29 is 17.9 Å². The zero-order chi connectivity index (χ0) is 12.5. The summed E-state index contributed by atoms with van der Waals surface area (Å²) in [5.74, 6) is 0. The van der Waals surface area contributed by atoms with Crippen molar-refractivity contribution in [3.8, 4) is 0 Å². The minimum atomic E-state index is -4.09. The van der Waals surface area contributed by atoms with E-state index in [1.165, 1.54) is 0 Å². The van der Waals surface area contributed by atoms with Gasteiger partial charge in [0.05, 0.1) is 13.2 Å². The summed E-state index contributed by atoms with van der Waals surface area (Å²) in [5.41, 5.74) is 3.10. The average Bonchev–Trinajstić information content (AvgIpc) is 2.71. The Kier molecular flexibility index (Phi) is 3.78. The molecule has 1 unspecified atom stereocenters. The van der Waals surface area contributed by atoms with Crippen LogP contribution in [0.15, 0.2) is 18.2 Å². The van der Waals surface area contributed by atoms with Crippen molar-refractivity contribution >= 4 is 15.9 Å². The van der Waals surface area contributed by atoms with Crippen LogP contribution < -0.4 is 0 Å². The lowest BCUT2D eigenvalue weighted by atomic mass is 10.0. The zero-order valence-electron chi connectivity index (χ0n) is 9.06. The molecule has 0 saturated heterocycles. The number of hydrogen-bond acceptors (Lipinski definition) is 1. The van der Waals surface area contributed by atoms with E-state index >= 15 is 0 Å². The highest BCUT2D eigenvalue weighted by Crippen LogP contribution is 2.34. The first-order valence-corrected chi connectivity index (χ1v) is 6.27. The van der Waals surface area contributed by atoms with E-state index in [1.54, 1.807) is 0 Å². The molecule has 2 rings (SSSR count). The number of rotatable bonds is 3. The zero-order valence-corrected chi connectivity index (χ0v) is 10.6. The molecule has 1 heterocycles. The van der Waals surface area contributed by atoms with Crippen molar-refractivity contribution in [2.75, 3.05) is 0 Å². The van der Waals surface area contributed by atoms with E-state index in [4.69, 9.17) is 4.74 Å². The van der Waals surface area contributed by atoms with Crippen molar-refractivity contribution in [3.63, 3.8) is 0 Å². The fourth-order valence-electron chi connectivity index (χ4n) is 1.84. The predicted molar refractivity (Wildman–Crippen MR) is 61.9 cm³/mol. The third kappa shape index (κ3) is 3.45. The Hall–Kier alpha value is -0.550. The Labute approximate surface area is 106 Å². The van der Waals surface area contributed by atoms with Gasteiger partial charge in [-0.15, -0.1) is 0 Å². The van der Waals surface area contributed by atoms with E-state index < -0.39 is 12.6 Å². The molecule has 1 aliphatic rings. The van der Waals surface area contributed by atoms with Gasteiger partial charge in [0.15, 0.2) is 0 Å². The standard InChI is InChI=1S/C12H12BrF3O/c13-11(3-4-12(14,15)16)8-1-2-9-6-17-7-10(9)5-8/h1-2,5,11H,3-4,6-7H2. The van der Waals surface area contributed by atoms with Crippen LogP contribution in [-0.4, -0.2) is 6.18 Å². The molecule has 0 spiro atoms. The monoisotopic (exact) mass is 308 g/mol. The summed E-state index contributed by atoms with van der Waals surface area (Å²) >= 11 is 3.31. The van der Waals surface area contributed by atoms with Crippen LogP contribution in [0, 0.1) is 0 Å². The first-order chi connectivity index (χ1) is 7.96. The van der Waals surface area contributed by atoms with Gasteiger partial charge in [-0.2, -0.15) is 13.2 Å². The lowest BCUT2D eigenvalue weighted by Crippen LogP contribution is -2.08. The molecule has 17 heavy (non-hydrogen) atoms. The van der Waals surface area contributed by atoms with Crippen molar-refractivity contribution in [1.82, 2.24) is 0 Å². The highest BCUT2D eigenvalue weighted by Gasteiger charge is 2.28. The van der Waals surface area contributed by atoms with Gasteiger partial charge in [0.2, 0.25) is 0 Å². The van der Waals surface area contributed by atoms with E-state index in [-0.39, 0.29) is 11.2 Å². The van der Waals surface area contributed by atoms with Gasteiger partial charge in [0.25, 0.3) is 0 Å². The lowest BCUT2D eigenvalue weighted by molar-refractivity contribution is -0.135. The van der Waals surface area contributed by atoms with Crippen LogP contribution in [0.5, 0.6) is 0 Å². The summed E-state index contributed by atoms with van der Waals surface area (Å²) in [5, 5.41) is 0.